The number of Topliss-reactive ketones (excluding diaryl/α,β-unsaturated/α-hetero) is 1. The van der Waals surface area contributed by atoms with Crippen molar-refractivity contribution in [1.29, 1.82) is 0 Å². The molecular formula is C31H34FN5O6. The largest absolute Gasteiger partial charge is 0.501 e. The minimum atomic E-state index is -1.00. The van der Waals surface area contributed by atoms with E-state index in [1.165, 1.54) is 35.7 Å². The molecule has 11 nitrogen and oxygen atoms in total. The molecule has 43 heavy (non-hydrogen) atoms. The van der Waals surface area contributed by atoms with Crippen LogP contribution < -0.4 is 15.6 Å². The lowest BCUT2D eigenvalue weighted by Crippen LogP contribution is -2.42. The van der Waals surface area contributed by atoms with Crippen LogP contribution in [-0.2, 0) is 28.1 Å². The van der Waals surface area contributed by atoms with Gasteiger partial charge < -0.3 is 20.1 Å². The van der Waals surface area contributed by atoms with Crippen molar-refractivity contribution in [1.82, 2.24) is 24.8 Å². The molecule has 226 valence electrons. The number of aryl methyl sites for hydroxylation is 1. The van der Waals surface area contributed by atoms with Crippen molar-refractivity contribution >= 4 is 17.6 Å². The van der Waals surface area contributed by atoms with Gasteiger partial charge in [0.2, 0.25) is 11.5 Å². The fourth-order valence-corrected chi connectivity index (χ4v) is 6.06. The quantitative estimate of drug-likeness (QED) is 0.362. The van der Waals surface area contributed by atoms with E-state index in [1.54, 1.807) is 37.5 Å². The van der Waals surface area contributed by atoms with Crippen LogP contribution in [0, 0.1) is 18.2 Å². The molecule has 2 N–H and O–H groups in total. The second kappa shape index (κ2) is 11.6. The Balaban J connectivity index is 1.51. The second-order valence-corrected chi connectivity index (χ2v) is 11.8. The number of aromatic hydroxyl groups is 1. The normalized spacial score (nSPS) is 20.6. The van der Waals surface area contributed by atoms with Crippen LogP contribution in [-0.4, -0.2) is 62.8 Å². The fraction of sp³-hybridized carbons (Fsp3) is 0.419. The summed E-state index contributed by atoms with van der Waals surface area (Å²) < 4.78 is 21.1. The van der Waals surface area contributed by atoms with E-state index >= 15 is 0 Å². The number of carbonyl (C=O) groups is 3. The molecule has 0 saturated heterocycles. The molecule has 12 heteroatoms. The van der Waals surface area contributed by atoms with Gasteiger partial charge in [-0.2, -0.15) is 0 Å². The van der Waals surface area contributed by atoms with Gasteiger partial charge in [-0.25, -0.2) is 9.37 Å². The number of halogens is 1. The molecule has 2 amide bonds. The molecule has 3 aromatic rings. The molecular weight excluding hydrogens is 557 g/mol. The number of nitrogens with one attached hydrogen (secondary N) is 1. The number of likely N-dealkylation sites (N-methyl/N-ethyl adjacent to an activating group) is 1. The molecule has 4 heterocycles. The lowest BCUT2D eigenvalue weighted by Gasteiger charge is -2.41. The molecule has 1 fully saturated rings. The third-order valence-electron chi connectivity index (χ3n) is 8.61. The van der Waals surface area contributed by atoms with Crippen LogP contribution in [0.15, 0.2) is 47.5 Å². The van der Waals surface area contributed by atoms with Crippen molar-refractivity contribution in [2.24, 2.45) is 5.41 Å². The number of ether oxygens (including phenoxy) is 1. The zero-order chi connectivity index (χ0) is 30.9. The predicted octanol–water partition coefficient (Wildman–Crippen LogP) is 2.66. The molecule has 0 radical (unpaired) electrons. The van der Waals surface area contributed by atoms with Crippen LogP contribution in [0.3, 0.4) is 0 Å². The molecule has 1 saturated carbocycles. The first kappa shape index (κ1) is 29.9. The molecule has 0 spiro atoms. The molecule has 2 aromatic heterocycles. The van der Waals surface area contributed by atoms with E-state index in [-0.39, 0.29) is 37.8 Å². The minimum Gasteiger partial charge on any atom is -0.501 e. The Bertz CT molecular complexity index is 1630. The molecule has 1 aromatic carbocycles. The number of amides is 2. The monoisotopic (exact) mass is 591 g/mol. The molecule has 3 aliphatic rings. The van der Waals surface area contributed by atoms with Gasteiger partial charge in [0.15, 0.2) is 5.69 Å². The number of pyridine rings is 1. The average Bonchev–Trinajstić information content (AvgIpc) is 3.21. The number of carbonyl (C=O) groups excluding carboxylic acids is 3. The van der Waals surface area contributed by atoms with Crippen LogP contribution in [0.2, 0.25) is 0 Å². The van der Waals surface area contributed by atoms with E-state index in [0.29, 0.717) is 42.6 Å². The van der Waals surface area contributed by atoms with Crippen LogP contribution >= 0.6 is 0 Å². The summed E-state index contributed by atoms with van der Waals surface area (Å²) in [4.78, 5) is 62.5. The van der Waals surface area contributed by atoms with Crippen LogP contribution in [0.4, 0.5) is 4.39 Å². The standard InChI is InChI=1S/C31H34FN5O6/c1-19-14-20(4-5-22(19)32)16-34-26(40)24-25(39)28(42)37-17-30(18-43-21-6-12-33-13-7-21)8-10-31(11-9-30,29(37)35-24)15-23(38)27(41)36(2)3/h4-7,12-14,39H,8-11,15-18H2,1-3H3,(H,34,40). The second-order valence-electron chi connectivity index (χ2n) is 11.8. The topological polar surface area (TPSA) is 144 Å². The summed E-state index contributed by atoms with van der Waals surface area (Å²) in [6.45, 7) is 2.04. The summed E-state index contributed by atoms with van der Waals surface area (Å²) in [6, 6.07) is 7.87. The lowest BCUT2D eigenvalue weighted by atomic mass is 9.63. The minimum absolute atomic E-state index is 0.00983. The molecule has 0 atom stereocenters. The number of aromatic nitrogens is 3. The number of nitrogens with zero attached hydrogens (tertiary/aromatic N) is 4. The highest BCUT2D eigenvalue weighted by Crippen LogP contribution is 2.52. The Kier molecular flexibility index (Phi) is 8.04. The Morgan fingerprint density at radius 2 is 1.81 bits per heavy atom. The summed E-state index contributed by atoms with van der Waals surface area (Å²) in [5.74, 6) is -2.46. The van der Waals surface area contributed by atoms with Crippen LogP contribution in [0.5, 0.6) is 11.5 Å². The van der Waals surface area contributed by atoms with Gasteiger partial charge in [-0.3, -0.25) is 28.7 Å². The van der Waals surface area contributed by atoms with E-state index in [2.05, 4.69) is 15.3 Å². The van der Waals surface area contributed by atoms with E-state index in [4.69, 9.17) is 4.74 Å². The average molecular weight is 592 g/mol. The Hall–Kier alpha value is -4.61. The number of rotatable bonds is 9. The third kappa shape index (κ3) is 5.86. The number of fused-ring (bicyclic) bond motifs is 2. The fourth-order valence-electron chi connectivity index (χ4n) is 6.06. The van der Waals surface area contributed by atoms with Gasteiger partial charge in [0, 0.05) is 56.8 Å². The first-order valence-corrected chi connectivity index (χ1v) is 14.1. The van der Waals surface area contributed by atoms with Crippen LogP contribution in [0.1, 0.15) is 59.5 Å². The molecule has 1 aliphatic carbocycles. The van der Waals surface area contributed by atoms with Crippen molar-refractivity contribution in [3.8, 4) is 11.5 Å². The van der Waals surface area contributed by atoms with Crippen molar-refractivity contribution in [3.63, 3.8) is 0 Å². The number of benzene rings is 1. The van der Waals surface area contributed by atoms with Crippen molar-refractivity contribution in [2.45, 2.75) is 57.5 Å². The van der Waals surface area contributed by atoms with Gasteiger partial charge >= 0.3 is 0 Å². The Morgan fingerprint density at radius 1 is 1.12 bits per heavy atom. The Labute approximate surface area is 247 Å². The highest BCUT2D eigenvalue weighted by atomic mass is 19.1. The molecule has 2 bridgehead atoms. The smallest absolute Gasteiger partial charge is 0.296 e. The SMILES string of the molecule is Cc1cc(CNC(=O)c2nc3n(c(=O)c2O)CC2(COc4ccncc4)CCC3(CC(=O)C(=O)N(C)C)CC2)ccc1F. The first-order chi connectivity index (χ1) is 20.4. The van der Waals surface area contributed by atoms with Crippen molar-refractivity contribution in [2.75, 3.05) is 20.7 Å². The van der Waals surface area contributed by atoms with Gasteiger partial charge in [0.05, 0.1) is 6.61 Å². The van der Waals surface area contributed by atoms with Gasteiger partial charge in [-0.05, 0) is 61.9 Å². The summed E-state index contributed by atoms with van der Waals surface area (Å²) in [6.07, 6.45) is 5.01. The van der Waals surface area contributed by atoms with E-state index in [1.807, 2.05) is 0 Å². The third-order valence-corrected chi connectivity index (χ3v) is 8.61. The predicted molar refractivity (Wildman–Crippen MR) is 153 cm³/mol. The lowest BCUT2D eigenvalue weighted by molar-refractivity contribution is -0.144. The van der Waals surface area contributed by atoms with E-state index in [0.717, 1.165) is 0 Å². The summed E-state index contributed by atoms with van der Waals surface area (Å²) >= 11 is 0. The zero-order valence-electron chi connectivity index (χ0n) is 24.4. The Morgan fingerprint density at radius 3 is 2.47 bits per heavy atom. The first-order valence-electron chi connectivity index (χ1n) is 14.1. The number of ketones is 1. The van der Waals surface area contributed by atoms with E-state index < -0.39 is 45.4 Å². The maximum absolute atomic E-state index is 13.7. The highest BCUT2D eigenvalue weighted by Gasteiger charge is 2.52. The van der Waals surface area contributed by atoms with Crippen molar-refractivity contribution < 1.29 is 28.6 Å². The van der Waals surface area contributed by atoms with Gasteiger partial charge in [-0.15, -0.1) is 0 Å². The van der Waals surface area contributed by atoms with Gasteiger partial charge in [0.25, 0.3) is 17.4 Å². The summed E-state index contributed by atoms with van der Waals surface area (Å²) in [7, 11) is 2.99. The van der Waals surface area contributed by atoms with E-state index in [9.17, 15) is 28.7 Å². The summed E-state index contributed by atoms with van der Waals surface area (Å²) in [5, 5.41) is 13.6. The van der Waals surface area contributed by atoms with Gasteiger partial charge in [0.1, 0.15) is 17.4 Å². The molecule has 0 unspecified atom stereocenters. The zero-order valence-corrected chi connectivity index (χ0v) is 24.4. The molecule has 2 aliphatic heterocycles. The highest BCUT2D eigenvalue weighted by molar-refractivity contribution is 6.36. The maximum atomic E-state index is 13.7. The van der Waals surface area contributed by atoms with Gasteiger partial charge in [-0.1, -0.05) is 12.1 Å². The number of hydrogen-bond acceptors (Lipinski definition) is 8. The summed E-state index contributed by atoms with van der Waals surface area (Å²) in [5.41, 5.74) is -1.76. The number of hydrogen-bond donors (Lipinski definition) is 2. The van der Waals surface area contributed by atoms with Crippen molar-refractivity contribution in [3.05, 3.63) is 81.5 Å². The molecule has 6 rings (SSSR count). The van der Waals surface area contributed by atoms with Crippen LogP contribution in [0.25, 0.3) is 0 Å². The maximum Gasteiger partial charge on any atom is 0.296 e.